The third-order valence-electron chi connectivity index (χ3n) is 3.90. The molecule has 0 unspecified atom stereocenters. The van der Waals surface area contributed by atoms with E-state index in [1.165, 1.54) is 0 Å². The first kappa shape index (κ1) is 16.5. The molecule has 4 nitrogen and oxygen atoms in total. The molecule has 1 amide bonds. The van der Waals surface area contributed by atoms with Gasteiger partial charge in [-0.1, -0.05) is 18.5 Å². The van der Waals surface area contributed by atoms with Gasteiger partial charge in [0.1, 0.15) is 10.7 Å². The molecule has 0 atom stereocenters. The summed E-state index contributed by atoms with van der Waals surface area (Å²) in [6.45, 7) is 1.96. The molecule has 116 valence electrons. The van der Waals surface area contributed by atoms with Gasteiger partial charge in [0, 0.05) is 16.2 Å². The summed E-state index contributed by atoms with van der Waals surface area (Å²) < 4.78 is 36.2. The number of rotatable bonds is 4. The number of benzene rings is 1. The number of carbonyl (C=O) groups is 1. The lowest BCUT2D eigenvalue weighted by molar-refractivity contribution is 0.0820. The highest BCUT2D eigenvalue weighted by Gasteiger charge is 2.37. The highest BCUT2D eigenvalue weighted by atomic mass is 35.7. The first-order chi connectivity index (χ1) is 9.68. The number of carbonyl (C=O) groups excluding carboxylic acids is 1. The van der Waals surface area contributed by atoms with Gasteiger partial charge in [-0.2, -0.15) is 0 Å². The minimum Gasteiger partial charge on any atom is -0.347 e. The van der Waals surface area contributed by atoms with E-state index >= 15 is 0 Å². The zero-order valence-corrected chi connectivity index (χ0v) is 13.6. The van der Waals surface area contributed by atoms with Crippen molar-refractivity contribution < 1.29 is 17.6 Å². The number of amides is 1. The van der Waals surface area contributed by atoms with E-state index in [1.54, 1.807) is 0 Å². The maximum absolute atomic E-state index is 13.6. The van der Waals surface area contributed by atoms with Crippen molar-refractivity contribution in [3.05, 3.63) is 28.5 Å². The first-order valence-corrected chi connectivity index (χ1v) is 9.13. The summed E-state index contributed by atoms with van der Waals surface area (Å²) in [5.74, 6) is -1.61. The van der Waals surface area contributed by atoms with Crippen LogP contribution in [-0.4, -0.2) is 19.9 Å². The highest BCUT2D eigenvalue weighted by molar-refractivity contribution is 8.13. The molecule has 0 heterocycles. The van der Waals surface area contributed by atoms with E-state index in [4.69, 9.17) is 22.3 Å². The number of nitrogens with one attached hydrogen (secondary N) is 1. The molecule has 0 aliphatic heterocycles. The summed E-state index contributed by atoms with van der Waals surface area (Å²) in [5, 5.41) is 2.70. The Hall–Kier alpha value is -0.850. The molecule has 21 heavy (non-hydrogen) atoms. The lowest BCUT2D eigenvalue weighted by atomic mass is 9.74. The molecular weight excluding hydrogens is 340 g/mol. The fraction of sp³-hybridized carbons (Fsp3) is 0.462. The van der Waals surface area contributed by atoms with Gasteiger partial charge in [0.05, 0.1) is 10.6 Å². The van der Waals surface area contributed by atoms with E-state index < -0.39 is 25.7 Å². The molecule has 8 heteroatoms. The Morgan fingerprint density at radius 1 is 1.43 bits per heavy atom. The zero-order valence-electron chi connectivity index (χ0n) is 11.3. The Labute approximate surface area is 132 Å². The van der Waals surface area contributed by atoms with Crippen LogP contribution >= 0.6 is 22.3 Å². The normalized spacial score (nSPS) is 17.1. The standard InChI is InChI=1S/C13H14Cl2FNO3S/c1-2-13(4-3-5-13)17-12(18)8-6-11(21(15,19)20)10(16)7-9(8)14/h6-7H,2-5H2,1H3,(H,17,18). The summed E-state index contributed by atoms with van der Waals surface area (Å²) in [6.07, 6.45) is 3.49. The van der Waals surface area contributed by atoms with Crippen molar-refractivity contribution >= 4 is 37.2 Å². The second kappa shape index (κ2) is 5.74. The van der Waals surface area contributed by atoms with Gasteiger partial charge in [0.2, 0.25) is 0 Å². The molecule has 0 saturated heterocycles. The van der Waals surface area contributed by atoms with Crippen molar-refractivity contribution in [2.75, 3.05) is 0 Å². The molecule has 0 spiro atoms. The van der Waals surface area contributed by atoms with Crippen LogP contribution in [0, 0.1) is 5.82 Å². The molecule has 2 rings (SSSR count). The molecule has 1 N–H and O–H groups in total. The minimum atomic E-state index is -4.29. The molecule has 1 fully saturated rings. The van der Waals surface area contributed by atoms with Crippen molar-refractivity contribution in [3.8, 4) is 0 Å². The van der Waals surface area contributed by atoms with Crippen LogP contribution < -0.4 is 5.32 Å². The van der Waals surface area contributed by atoms with Crippen molar-refractivity contribution in [3.63, 3.8) is 0 Å². The molecular formula is C13H14Cl2FNO3S. The van der Waals surface area contributed by atoms with Crippen molar-refractivity contribution in [1.82, 2.24) is 5.32 Å². The average molecular weight is 354 g/mol. The van der Waals surface area contributed by atoms with Crippen LogP contribution in [0.15, 0.2) is 17.0 Å². The summed E-state index contributed by atoms with van der Waals surface area (Å²) in [5.41, 5.74) is -0.383. The van der Waals surface area contributed by atoms with Crippen molar-refractivity contribution in [1.29, 1.82) is 0 Å². The van der Waals surface area contributed by atoms with Crippen LogP contribution in [0.5, 0.6) is 0 Å². The van der Waals surface area contributed by atoms with Crippen LogP contribution in [0.4, 0.5) is 4.39 Å². The third kappa shape index (κ3) is 3.33. The smallest absolute Gasteiger partial charge is 0.264 e. The predicted octanol–water partition coefficient (Wildman–Crippen LogP) is 3.47. The van der Waals surface area contributed by atoms with Gasteiger partial charge in [0.15, 0.2) is 0 Å². The van der Waals surface area contributed by atoms with Crippen LogP contribution in [0.1, 0.15) is 43.0 Å². The zero-order chi connectivity index (χ0) is 15.8. The molecule has 0 aromatic heterocycles. The van der Waals surface area contributed by atoms with Crippen LogP contribution in [-0.2, 0) is 9.05 Å². The largest absolute Gasteiger partial charge is 0.347 e. The van der Waals surface area contributed by atoms with E-state index in [2.05, 4.69) is 5.32 Å². The molecule has 1 saturated carbocycles. The fourth-order valence-electron chi connectivity index (χ4n) is 2.37. The molecule has 1 aromatic rings. The van der Waals surface area contributed by atoms with E-state index in [1.807, 2.05) is 6.92 Å². The quantitative estimate of drug-likeness (QED) is 0.843. The van der Waals surface area contributed by atoms with Crippen LogP contribution in [0.3, 0.4) is 0 Å². The van der Waals surface area contributed by atoms with E-state index in [0.29, 0.717) is 0 Å². The van der Waals surface area contributed by atoms with Crippen molar-refractivity contribution in [2.24, 2.45) is 0 Å². The average Bonchev–Trinajstić information content (AvgIpc) is 2.31. The van der Waals surface area contributed by atoms with Gasteiger partial charge in [0.25, 0.3) is 15.0 Å². The van der Waals surface area contributed by atoms with Gasteiger partial charge in [-0.3, -0.25) is 4.79 Å². The van der Waals surface area contributed by atoms with E-state index in [-0.39, 0.29) is 16.1 Å². The van der Waals surface area contributed by atoms with E-state index in [9.17, 15) is 17.6 Å². The highest BCUT2D eigenvalue weighted by Crippen LogP contribution is 2.35. The summed E-state index contributed by atoms with van der Waals surface area (Å²) in [4.78, 5) is 11.5. The summed E-state index contributed by atoms with van der Waals surface area (Å²) in [6, 6.07) is 1.66. The number of halogens is 3. The lowest BCUT2D eigenvalue weighted by Gasteiger charge is -2.42. The van der Waals surface area contributed by atoms with Crippen molar-refractivity contribution in [2.45, 2.75) is 43.0 Å². The Bertz CT molecular complexity index is 681. The summed E-state index contributed by atoms with van der Waals surface area (Å²) in [7, 11) is 0.861. The lowest BCUT2D eigenvalue weighted by Crippen LogP contribution is -2.53. The molecule has 0 bridgehead atoms. The van der Waals surface area contributed by atoms with Gasteiger partial charge in [-0.25, -0.2) is 12.8 Å². The second-order valence-electron chi connectivity index (χ2n) is 5.14. The Kier molecular flexibility index (Phi) is 4.52. The minimum absolute atomic E-state index is 0.1000. The molecule has 0 radical (unpaired) electrons. The van der Waals surface area contributed by atoms with Gasteiger partial charge < -0.3 is 5.32 Å². The fourth-order valence-corrected chi connectivity index (χ4v) is 3.51. The Morgan fingerprint density at radius 2 is 2.05 bits per heavy atom. The maximum atomic E-state index is 13.6. The number of hydrogen-bond donors (Lipinski definition) is 1. The van der Waals surface area contributed by atoms with Gasteiger partial charge in [-0.05, 0) is 37.8 Å². The Morgan fingerprint density at radius 3 is 2.48 bits per heavy atom. The molecule has 1 aromatic carbocycles. The van der Waals surface area contributed by atoms with Gasteiger partial charge in [-0.15, -0.1) is 0 Å². The third-order valence-corrected chi connectivity index (χ3v) is 5.54. The first-order valence-electron chi connectivity index (χ1n) is 6.45. The monoisotopic (exact) mass is 353 g/mol. The molecule has 1 aliphatic rings. The SMILES string of the molecule is CCC1(NC(=O)c2cc(S(=O)(=O)Cl)c(F)cc2Cl)CCC1. The topological polar surface area (TPSA) is 63.2 Å². The summed E-state index contributed by atoms with van der Waals surface area (Å²) >= 11 is 5.84. The maximum Gasteiger partial charge on any atom is 0.264 e. The Balaban J connectivity index is 2.37. The van der Waals surface area contributed by atoms with Crippen LogP contribution in [0.2, 0.25) is 5.02 Å². The molecule has 1 aliphatic carbocycles. The van der Waals surface area contributed by atoms with E-state index in [0.717, 1.165) is 37.8 Å². The predicted molar refractivity (Wildman–Crippen MR) is 78.8 cm³/mol. The second-order valence-corrected chi connectivity index (χ2v) is 8.08. The van der Waals surface area contributed by atoms with Crippen LogP contribution in [0.25, 0.3) is 0 Å². The number of hydrogen-bond acceptors (Lipinski definition) is 3. The van der Waals surface area contributed by atoms with Gasteiger partial charge >= 0.3 is 0 Å².